The fraction of sp³-hybridized carbons (Fsp3) is 0.250. The molecular weight excluding hydrogens is 373 g/mol. The van der Waals surface area contributed by atoms with Crippen LogP contribution >= 0.6 is 23.2 Å². The number of ether oxygens (including phenoxy) is 2. The number of rotatable bonds is 7. The number of carbonyl (C=O) groups is 1. The van der Waals surface area contributed by atoms with Gasteiger partial charge in [-0.05, 0) is 48.4 Å². The summed E-state index contributed by atoms with van der Waals surface area (Å²) in [5, 5.41) is 1.10. The Labute approximate surface area is 163 Å². The number of hydrogen-bond acceptors (Lipinski definition) is 3. The summed E-state index contributed by atoms with van der Waals surface area (Å²) in [6, 6.07) is 10.9. The molecule has 0 atom stereocenters. The summed E-state index contributed by atoms with van der Waals surface area (Å²) < 4.78 is 10.8. The maximum absolute atomic E-state index is 12.3. The fourth-order valence-corrected chi connectivity index (χ4v) is 2.80. The zero-order chi connectivity index (χ0) is 19.1. The molecule has 26 heavy (non-hydrogen) atoms. The molecule has 2 aromatic rings. The van der Waals surface area contributed by atoms with E-state index in [1.165, 1.54) is 13.2 Å². The normalized spacial score (nSPS) is 10.8. The second kappa shape index (κ2) is 9.51. The van der Waals surface area contributed by atoms with Gasteiger partial charge in [-0.2, -0.15) is 0 Å². The molecule has 2 rings (SSSR count). The molecule has 0 aromatic heterocycles. The van der Waals surface area contributed by atoms with Crippen molar-refractivity contribution >= 4 is 35.2 Å². The van der Waals surface area contributed by atoms with Gasteiger partial charge in [0.2, 0.25) is 5.91 Å². The van der Waals surface area contributed by atoms with Crippen LogP contribution in [0.5, 0.6) is 11.5 Å². The minimum absolute atomic E-state index is 0.121. The van der Waals surface area contributed by atoms with Crippen LogP contribution in [0.2, 0.25) is 10.0 Å². The summed E-state index contributed by atoms with van der Waals surface area (Å²) in [7, 11) is 3.28. The molecular formula is C20H21Cl2NO3. The van der Waals surface area contributed by atoms with E-state index in [0.29, 0.717) is 34.7 Å². The SMILES string of the molecule is CCOc1cc(C=CC(=O)N(C)Cc2ccc(Cl)cc2)cc(Cl)c1OC. The number of nitrogens with zero attached hydrogens (tertiary/aromatic N) is 1. The topological polar surface area (TPSA) is 38.8 Å². The van der Waals surface area contributed by atoms with E-state index in [1.54, 1.807) is 42.3 Å². The van der Waals surface area contributed by atoms with Gasteiger partial charge >= 0.3 is 0 Å². The van der Waals surface area contributed by atoms with Crippen LogP contribution in [-0.2, 0) is 11.3 Å². The van der Waals surface area contributed by atoms with Crippen molar-refractivity contribution in [2.24, 2.45) is 0 Å². The highest BCUT2D eigenvalue weighted by molar-refractivity contribution is 6.32. The summed E-state index contributed by atoms with van der Waals surface area (Å²) in [5.74, 6) is 0.908. The lowest BCUT2D eigenvalue weighted by atomic mass is 10.1. The van der Waals surface area contributed by atoms with Gasteiger partial charge in [-0.1, -0.05) is 35.3 Å². The molecule has 0 saturated carbocycles. The maximum Gasteiger partial charge on any atom is 0.246 e. The number of hydrogen-bond donors (Lipinski definition) is 0. The summed E-state index contributed by atoms with van der Waals surface area (Å²) in [4.78, 5) is 13.9. The van der Waals surface area contributed by atoms with Crippen LogP contribution in [0.3, 0.4) is 0 Å². The molecule has 0 unspecified atom stereocenters. The molecule has 0 aliphatic carbocycles. The monoisotopic (exact) mass is 393 g/mol. The van der Waals surface area contributed by atoms with Crippen molar-refractivity contribution in [1.29, 1.82) is 0 Å². The molecule has 2 aromatic carbocycles. The maximum atomic E-state index is 12.3. The van der Waals surface area contributed by atoms with E-state index in [0.717, 1.165) is 11.1 Å². The Hall–Kier alpha value is -2.17. The van der Waals surface area contributed by atoms with Crippen LogP contribution in [-0.4, -0.2) is 31.6 Å². The molecule has 0 radical (unpaired) electrons. The van der Waals surface area contributed by atoms with Crippen molar-refractivity contribution < 1.29 is 14.3 Å². The van der Waals surface area contributed by atoms with Gasteiger partial charge in [0, 0.05) is 24.7 Å². The number of benzene rings is 2. The van der Waals surface area contributed by atoms with Crippen LogP contribution < -0.4 is 9.47 Å². The van der Waals surface area contributed by atoms with E-state index >= 15 is 0 Å². The molecule has 4 nitrogen and oxygen atoms in total. The average molecular weight is 394 g/mol. The molecule has 0 saturated heterocycles. The number of likely N-dealkylation sites (N-methyl/N-ethyl adjacent to an activating group) is 1. The molecule has 0 fully saturated rings. The zero-order valence-electron chi connectivity index (χ0n) is 15.0. The minimum atomic E-state index is -0.121. The molecule has 0 aliphatic heterocycles. The third kappa shape index (κ3) is 5.41. The van der Waals surface area contributed by atoms with Crippen LogP contribution in [0.1, 0.15) is 18.1 Å². The summed E-state index contributed by atoms with van der Waals surface area (Å²) >= 11 is 12.1. The smallest absolute Gasteiger partial charge is 0.246 e. The Morgan fingerprint density at radius 2 is 1.88 bits per heavy atom. The van der Waals surface area contributed by atoms with Crippen LogP contribution in [0.15, 0.2) is 42.5 Å². The first-order chi connectivity index (χ1) is 12.4. The number of halogens is 2. The van der Waals surface area contributed by atoms with E-state index in [-0.39, 0.29) is 5.91 Å². The van der Waals surface area contributed by atoms with Crippen molar-refractivity contribution in [3.63, 3.8) is 0 Å². The lowest BCUT2D eigenvalue weighted by Gasteiger charge is -2.15. The van der Waals surface area contributed by atoms with Crippen LogP contribution in [0, 0.1) is 0 Å². The molecule has 1 amide bonds. The zero-order valence-corrected chi connectivity index (χ0v) is 16.5. The number of amides is 1. The van der Waals surface area contributed by atoms with Crippen molar-refractivity contribution in [2.75, 3.05) is 20.8 Å². The first-order valence-electron chi connectivity index (χ1n) is 8.12. The van der Waals surface area contributed by atoms with Gasteiger partial charge in [0.25, 0.3) is 0 Å². The van der Waals surface area contributed by atoms with Gasteiger partial charge in [-0.3, -0.25) is 4.79 Å². The Balaban J connectivity index is 2.10. The molecule has 0 aliphatic rings. The quantitative estimate of drug-likeness (QED) is 0.616. The first-order valence-corrected chi connectivity index (χ1v) is 8.88. The van der Waals surface area contributed by atoms with Gasteiger partial charge < -0.3 is 14.4 Å². The third-order valence-electron chi connectivity index (χ3n) is 3.66. The highest BCUT2D eigenvalue weighted by atomic mass is 35.5. The van der Waals surface area contributed by atoms with Crippen molar-refractivity contribution in [3.05, 3.63) is 63.6 Å². The van der Waals surface area contributed by atoms with E-state index in [9.17, 15) is 4.79 Å². The minimum Gasteiger partial charge on any atom is -0.491 e. The van der Waals surface area contributed by atoms with Gasteiger partial charge in [-0.15, -0.1) is 0 Å². The van der Waals surface area contributed by atoms with Gasteiger partial charge in [0.1, 0.15) is 0 Å². The molecule has 0 N–H and O–H groups in total. The second-order valence-electron chi connectivity index (χ2n) is 5.62. The molecule has 138 valence electrons. The third-order valence-corrected chi connectivity index (χ3v) is 4.20. The molecule has 0 heterocycles. The van der Waals surface area contributed by atoms with Crippen molar-refractivity contribution in [3.8, 4) is 11.5 Å². The highest BCUT2D eigenvalue weighted by Crippen LogP contribution is 2.36. The number of carbonyl (C=O) groups excluding carboxylic acids is 1. The Bertz CT molecular complexity index is 788. The van der Waals surface area contributed by atoms with Crippen LogP contribution in [0.4, 0.5) is 0 Å². The van der Waals surface area contributed by atoms with E-state index in [1.807, 2.05) is 19.1 Å². The van der Waals surface area contributed by atoms with Crippen molar-refractivity contribution in [1.82, 2.24) is 4.90 Å². The Morgan fingerprint density at radius 3 is 2.50 bits per heavy atom. The first kappa shape index (κ1) is 20.1. The summed E-state index contributed by atoms with van der Waals surface area (Å²) in [5.41, 5.74) is 1.76. The Morgan fingerprint density at radius 1 is 1.19 bits per heavy atom. The summed E-state index contributed by atoms with van der Waals surface area (Å²) in [6.45, 7) is 2.86. The predicted molar refractivity (Wildman–Crippen MR) is 106 cm³/mol. The average Bonchev–Trinajstić information content (AvgIpc) is 2.61. The highest BCUT2D eigenvalue weighted by Gasteiger charge is 2.11. The van der Waals surface area contributed by atoms with Gasteiger partial charge in [-0.25, -0.2) is 0 Å². The number of methoxy groups -OCH3 is 1. The Kier molecular flexibility index (Phi) is 7.37. The van der Waals surface area contributed by atoms with Gasteiger partial charge in [0.05, 0.1) is 18.7 Å². The fourth-order valence-electron chi connectivity index (χ4n) is 2.38. The largest absolute Gasteiger partial charge is 0.491 e. The molecule has 6 heteroatoms. The summed E-state index contributed by atoms with van der Waals surface area (Å²) in [6.07, 6.45) is 3.21. The molecule has 0 bridgehead atoms. The van der Waals surface area contributed by atoms with Crippen LogP contribution in [0.25, 0.3) is 6.08 Å². The van der Waals surface area contributed by atoms with E-state index in [2.05, 4.69) is 0 Å². The second-order valence-corrected chi connectivity index (χ2v) is 6.46. The molecule has 0 spiro atoms. The predicted octanol–water partition coefficient (Wildman–Crippen LogP) is 5.07. The van der Waals surface area contributed by atoms with E-state index in [4.69, 9.17) is 32.7 Å². The van der Waals surface area contributed by atoms with E-state index < -0.39 is 0 Å². The lowest BCUT2D eigenvalue weighted by molar-refractivity contribution is -0.125. The standard InChI is InChI=1S/C20H21Cl2NO3/c1-4-26-18-12-15(11-17(22)20(18)25-3)7-10-19(24)23(2)13-14-5-8-16(21)9-6-14/h5-12H,4,13H2,1-3H3. The van der Waals surface area contributed by atoms with Crippen molar-refractivity contribution in [2.45, 2.75) is 13.5 Å². The lowest BCUT2D eigenvalue weighted by Crippen LogP contribution is -2.24. The van der Waals surface area contributed by atoms with Gasteiger partial charge in [0.15, 0.2) is 11.5 Å².